The standard InChI is InChI=1S/C13H20ClN5O/c1-8(2)6-19-11(15-7-16-19)5-10(20)12-9(3)17-18(4)13(12)14/h7-8,10,20H,5-6H2,1-4H3. The molecule has 0 amide bonds. The number of aliphatic hydroxyl groups excluding tert-OH is 1. The Bertz CT molecular complexity index is 590. The van der Waals surface area contributed by atoms with Gasteiger partial charge in [-0.25, -0.2) is 9.67 Å². The summed E-state index contributed by atoms with van der Waals surface area (Å²) in [5.41, 5.74) is 1.40. The van der Waals surface area contributed by atoms with Crippen molar-refractivity contribution in [3.05, 3.63) is 28.6 Å². The molecule has 2 heterocycles. The maximum atomic E-state index is 10.4. The molecule has 0 bridgehead atoms. The second-order valence-electron chi connectivity index (χ2n) is 5.39. The topological polar surface area (TPSA) is 68.8 Å². The van der Waals surface area contributed by atoms with Gasteiger partial charge in [-0.05, 0) is 12.8 Å². The molecule has 1 N–H and O–H groups in total. The minimum Gasteiger partial charge on any atom is -0.388 e. The molecule has 0 saturated carbocycles. The fraction of sp³-hybridized carbons (Fsp3) is 0.615. The number of aromatic nitrogens is 5. The predicted molar refractivity (Wildman–Crippen MR) is 76.5 cm³/mol. The van der Waals surface area contributed by atoms with E-state index in [0.29, 0.717) is 23.1 Å². The summed E-state index contributed by atoms with van der Waals surface area (Å²) in [5, 5.41) is 19.3. The molecular formula is C13H20ClN5O. The molecule has 0 aliphatic heterocycles. The zero-order valence-corrected chi connectivity index (χ0v) is 13.0. The van der Waals surface area contributed by atoms with Crippen LogP contribution in [0.25, 0.3) is 0 Å². The molecule has 0 fully saturated rings. The third-order valence-electron chi connectivity index (χ3n) is 3.14. The average molecular weight is 298 g/mol. The highest BCUT2D eigenvalue weighted by atomic mass is 35.5. The maximum absolute atomic E-state index is 10.4. The third kappa shape index (κ3) is 3.02. The van der Waals surface area contributed by atoms with E-state index in [9.17, 15) is 5.11 Å². The van der Waals surface area contributed by atoms with Crippen molar-refractivity contribution in [1.82, 2.24) is 24.5 Å². The lowest BCUT2D eigenvalue weighted by Crippen LogP contribution is -2.13. The van der Waals surface area contributed by atoms with Crippen molar-refractivity contribution in [2.75, 3.05) is 0 Å². The van der Waals surface area contributed by atoms with Crippen LogP contribution >= 0.6 is 11.6 Å². The molecule has 0 aliphatic rings. The van der Waals surface area contributed by atoms with Crippen LogP contribution in [-0.4, -0.2) is 29.7 Å². The fourth-order valence-corrected chi connectivity index (χ4v) is 2.55. The molecule has 1 atom stereocenters. The Morgan fingerprint density at radius 1 is 1.40 bits per heavy atom. The Kier molecular flexibility index (Phi) is 4.45. The van der Waals surface area contributed by atoms with Crippen LogP contribution in [0, 0.1) is 12.8 Å². The first-order chi connectivity index (χ1) is 9.40. The van der Waals surface area contributed by atoms with E-state index in [1.165, 1.54) is 6.33 Å². The Labute approximate surface area is 123 Å². The van der Waals surface area contributed by atoms with Crippen molar-refractivity contribution in [3.63, 3.8) is 0 Å². The number of hydrogen-bond donors (Lipinski definition) is 1. The summed E-state index contributed by atoms with van der Waals surface area (Å²) < 4.78 is 3.39. The minimum absolute atomic E-state index is 0.374. The van der Waals surface area contributed by atoms with E-state index >= 15 is 0 Å². The highest BCUT2D eigenvalue weighted by Crippen LogP contribution is 2.27. The molecule has 0 spiro atoms. The molecule has 7 heteroatoms. The fourth-order valence-electron chi connectivity index (χ4n) is 2.24. The van der Waals surface area contributed by atoms with E-state index in [2.05, 4.69) is 29.0 Å². The van der Waals surface area contributed by atoms with Gasteiger partial charge in [0.05, 0.1) is 11.8 Å². The summed E-state index contributed by atoms with van der Waals surface area (Å²) in [6.07, 6.45) is 1.16. The predicted octanol–water partition coefficient (Wildman–Crippen LogP) is 1.91. The van der Waals surface area contributed by atoms with Crippen LogP contribution in [0.2, 0.25) is 5.15 Å². The van der Waals surface area contributed by atoms with Gasteiger partial charge < -0.3 is 5.11 Å². The van der Waals surface area contributed by atoms with Gasteiger partial charge in [0.1, 0.15) is 17.3 Å². The number of aliphatic hydroxyl groups is 1. The highest BCUT2D eigenvalue weighted by molar-refractivity contribution is 6.30. The van der Waals surface area contributed by atoms with Crippen molar-refractivity contribution < 1.29 is 5.11 Å². The van der Waals surface area contributed by atoms with E-state index in [1.54, 1.807) is 11.7 Å². The van der Waals surface area contributed by atoms with Crippen LogP contribution in [-0.2, 0) is 20.0 Å². The first kappa shape index (κ1) is 15.0. The summed E-state index contributed by atoms with van der Waals surface area (Å²) >= 11 is 6.17. The first-order valence-corrected chi connectivity index (χ1v) is 7.01. The molecule has 0 aliphatic carbocycles. The van der Waals surface area contributed by atoms with Gasteiger partial charge in [0.25, 0.3) is 0 Å². The van der Waals surface area contributed by atoms with Crippen LogP contribution in [0.3, 0.4) is 0 Å². The second-order valence-corrected chi connectivity index (χ2v) is 5.74. The third-order valence-corrected chi connectivity index (χ3v) is 3.59. The van der Waals surface area contributed by atoms with E-state index in [4.69, 9.17) is 11.6 Å². The molecule has 1 unspecified atom stereocenters. The molecule has 6 nitrogen and oxygen atoms in total. The van der Waals surface area contributed by atoms with Gasteiger partial charge in [-0.1, -0.05) is 25.4 Å². The molecule has 2 rings (SSSR count). The van der Waals surface area contributed by atoms with Gasteiger partial charge in [0.15, 0.2) is 0 Å². The molecule has 0 saturated heterocycles. The minimum atomic E-state index is -0.730. The van der Waals surface area contributed by atoms with Crippen LogP contribution in [0.5, 0.6) is 0 Å². The van der Waals surface area contributed by atoms with Crippen LogP contribution in [0.1, 0.15) is 37.0 Å². The first-order valence-electron chi connectivity index (χ1n) is 6.63. The highest BCUT2D eigenvalue weighted by Gasteiger charge is 2.21. The number of aryl methyl sites for hydroxylation is 2. The Morgan fingerprint density at radius 2 is 2.10 bits per heavy atom. The van der Waals surface area contributed by atoms with Gasteiger partial charge in [0, 0.05) is 25.6 Å². The Hall–Kier alpha value is -1.40. The van der Waals surface area contributed by atoms with Crippen molar-refractivity contribution in [2.45, 2.75) is 39.8 Å². The second kappa shape index (κ2) is 5.93. The summed E-state index contributed by atoms with van der Waals surface area (Å²) in [4.78, 5) is 4.22. The summed E-state index contributed by atoms with van der Waals surface area (Å²) in [7, 11) is 1.76. The summed E-state index contributed by atoms with van der Waals surface area (Å²) in [6, 6.07) is 0. The lowest BCUT2D eigenvalue weighted by atomic mass is 10.1. The van der Waals surface area contributed by atoms with Gasteiger partial charge in [-0.15, -0.1) is 0 Å². The Balaban J connectivity index is 2.19. The molecule has 110 valence electrons. The lowest BCUT2D eigenvalue weighted by molar-refractivity contribution is 0.173. The number of nitrogens with zero attached hydrogens (tertiary/aromatic N) is 5. The number of rotatable bonds is 5. The van der Waals surface area contributed by atoms with Gasteiger partial charge in [0.2, 0.25) is 0 Å². The van der Waals surface area contributed by atoms with Gasteiger partial charge in [-0.3, -0.25) is 4.68 Å². The SMILES string of the molecule is Cc1nn(C)c(Cl)c1C(O)Cc1ncnn1CC(C)C. The van der Waals surface area contributed by atoms with Gasteiger partial charge in [-0.2, -0.15) is 10.2 Å². The average Bonchev–Trinajstić information content (AvgIpc) is 2.85. The van der Waals surface area contributed by atoms with Crippen LogP contribution < -0.4 is 0 Å². The van der Waals surface area contributed by atoms with E-state index in [1.807, 2.05) is 11.6 Å². The molecule has 2 aromatic heterocycles. The quantitative estimate of drug-likeness (QED) is 0.915. The molecule has 2 aromatic rings. The van der Waals surface area contributed by atoms with Crippen molar-refractivity contribution in [2.24, 2.45) is 13.0 Å². The number of hydrogen-bond acceptors (Lipinski definition) is 4. The maximum Gasteiger partial charge on any atom is 0.138 e. The van der Waals surface area contributed by atoms with E-state index in [-0.39, 0.29) is 0 Å². The van der Waals surface area contributed by atoms with Crippen LogP contribution in [0.15, 0.2) is 6.33 Å². The lowest BCUT2D eigenvalue weighted by Gasteiger charge is -2.12. The summed E-state index contributed by atoms with van der Waals surface area (Å²) in [5.74, 6) is 1.22. The van der Waals surface area contributed by atoms with E-state index < -0.39 is 6.10 Å². The smallest absolute Gasteiger partial charge is 0.138 e. The zero-order valence-electron chi connectivity index (χ0n) is 12.2. The Morgan fingerprint density at radius 3 is 2.65 bits per heavy atom. The molecular weight excluding hydrogens is 278 g/mol. The molecule has 0 aromatic carbocycles. The molecule has 0 radical (unpaired) electrons. The number of halogens is 1. The van der Waals surface area contributed by atoms with Crippen molar-refractivity contribution in [1.29, 1.82) is 0 Å². The normalized spacial score (nSPS) is 13.2. The van der Waals surface area contributed by atoms with Gasteiger partial charge >= 0.3 is 0 Å². The monoisotopic (exact) mass is 297 g/mol. The van der Waals surface area contributed by atoms with Crippen molar-refractivity contribution in [3.8, 4) is 0 Å². The zero-order chi connectivity index (χ0) is 14.9. The largest absolute Gasteiger partial charge is 0.388 e. The van der Waals surface area contributed by atoms with Crippen LogP contribution in [0.4, 0.5) is 0 Å². The molecule has 20 heavy (non-hydrogen) atoms. The summed E-state index contributed by atoms with van der Waals surface area (Å²) in [6.45, 7) is 6.85. The van der Waals surface area contributed by atoms with Crippen molar-refractivity contribution >= 4 is 11.6 Å². The van der Waals surface area contributed by atoms with E-state index in [0.717, 1.165) is 18.1 Å².